The number of nitrogens with one attached hydrogen (secondary N) is 1. The summed E-state index contributed by atoms with van der Waals surface area (Å²) in [6, 6.07) is 11.4. The number of hydrogen-bond acceptors (Lipinski definition) is 7. The van der Waals surface area contributed by atoms with Crippen LogP contribution in [-0.2, 0) is 4.79 Å². The number of aromatic nitrogens is 1. The molecular weight excluding hydrogens is 436 g/mol. The Hall–Kier alpha value is -3.24. The maximum atomic E-state index is 12.7. The number of amides is 2. The molecule has 1 aliphatic heterocycles. The Bertz CT molecular complexity index is 1180. The van der Waals surface area contributed by atoms with Crippen LogP contribution in [0.3, 0.4) is 0 Å². The van der Waals surface area contributed by atoms with Crippen molar-refractivity contribution in [3.63, 3.8) is 0 Å². The van der Waals surface area contributed by atoms with Gasteiger partial charge in [-0.1, -0.05) is 17.8 Å². The summed E-state index contributed by atoms with van der Waals surface area (Å²) in [4.78, 5) is 42.2. The van der Waals surface area contributed by atoms with Crippen molar-refractivity contribution in [3.8, 4) is 0 Å². The average molecular weight is 455 g/mol. The zero-order chi connectivity index (χ0) is 22.0. The zero-order valence-corrected chi connectivity index (χ0v) is 18.2. The summed E-state index contributed by atoms with van der Waals surface area (Å²) < 4.78 is 0.700. The third-order valence-corrected chi connectivity index (χ3v) is 6.82. The Balaban J connectivity index is 1.54. The van der Waals surface area contributed by atoms with E-state index in [-0.39, 0.29) is 17.2 Å². The minimum absolute atomic E-state index is 0.0580. The minimum Gasteiger partial charge on any atom is -0.322 e. The van der Waals surface area contributed by atoms with E-state index in [1.54, 1.807) is 35.2 Å². The van der Waals surface area contributed by atoms with Crippen molar-refractivity contribution < 1.29 is 14.5 Å². The van der Waals surface area contributed by atoms with Crippen LogP contribution in [0.5, 0.6) is 0 Å². The normalized spacial score (nSPS) is 13.5. The zero-order valence-electron chi connectivity index (χ0n) is 16.5. The Morgan fingerprint density at radius 2 is 2.13 bits per heavy atom. The largest absolute Gasteiger partial charge is 0.322 e. The first-order valence-corrected chi connectivity index (χ1v) is 11.2. The van der Waals surface area contributed by atoms with Crippen molar-refractivity contribution in [1.82, 2.24) is 4.98 Å². The van der Waals surface area contributed by atoms with Crippen LogP contribution in [0.4, 0.5) is 17.1 Å². The third-order valence-electron chi connectivity index (χ3n) is 4.70. The molecule has 1 N–H and O–H groups in total. The second-order valence-corrected chi connectivity index (χ2v) is 9.10. The van der Waals surface area contributed by atoms with E-state index in [1.807, 2.05) is 18.4 Å². The molecule has 1 fully saturated rings. The molecule has 1 aliphatic rings. The second-order valence-electron chi connectivity index (χ2n) is 6.95. The molecule has 31 heavy (non-hydrogen) atoms. The number of carbonyl (C=O) groups is 2. The van der Waals surface area contributed by atoms with E-state index >= 15 is 0 Å². The summed E-state index contributed by atoms with van der Waals surface area (Å²) >= 11 is 2.61. The molecule has 2 heterocycles. The van der Waals surface area contributed by atoms with E-state index < -0.39 is 10.8 Å². The molecule has 0 bridgehead atoms. The highest BCUT2D eigenvalue weighted by atomic mass is 32.2. The predicted molar refractivity (Wildman–Crippen MR) is 120 cm³/mol. The fourth-order valence-electron chi connectivity index (χ4n) is 3.24. The summed E-state index contributed by atoms with van der Waals surface area (Å²) in [6.07, 6.45) is 1.33. The monoisotopic (exact) mass is 454 g/mol. The number of nitro benzene ring substituents is 1. The predicted octanol–water partition coefficient (Wildman–Crippen LogP) is 4.89. The second kappa shape index (κ2) is 8.86. The van der Waals surface area contributed by atoms with Gasteiger partial charge in [0.25, 0.3) is 11.6 Å². The average Bonchev–Trinajstić information content (AvgIpc) is 3.36. The Labute approximate surface area is 186 Å². The van der Waals surface area contributed by atoms with E-state index in [1.165, 1.54) is 29.2 Å². The van der Waals surface area contributed by atoms with Gasteiger partial charge >= 0.3 is 0 Å². The number of thiazole rings is 1. The number of benzene rings is 2. The molecule has 158 valence electrons. The van der Waals surface area contributed by atoms with Gasteiger partial charge in [0, 0.05) is 47.0 Å². The van der Waals surface area contributed by atoms with Crippen molar-refractivity contribution in [2.75, 3.05) is 16.8 Å². The van der Waals surface area contributed by atoms with E-state index in [9.17, 15) is 19.7 Å². The van der Waals surface area contributed by atoms with Crippen molar-refractivity contribution in [2.45, 2.75) is 29.0 Å². The molecule has 0 spiro atoms. The Kier molecular flexibility index (Phi) is 6.01. The Morgan fingerprint density at radius 3 is 2.81 bits per heavy atom. The van der Waals surface area contributed by atoms with E-state index in [2.05, 4.69) is 10.3 Å². The lowest BCUT2D eigenvalue weighted by Gasteiger charge is -2.16. The number of hydrogen-bond donors (Lipinski definition) is 1. The highest BCUT2D eigenvalue weighted by Gasteiger charge is 2.22. The van der Waals surface area contributed by atoms with Crippen LogP contribution >= 0.6 is 23.1 Å². The molecule has 1 saturated heterocycles. The molecule has 0 unspecified atom stereocenters. The maximum Gasteiger partial charge on any atom is 0.284 e. The summed E-state index contributed by atoms with van der Waals surface area (Å²) in [5, 5.41) is 16.2. The molecule has 0 saturated carbocycles. The number of rotatable bonds is 6. The lowest BCUT2D eigenvalue weighted by atomic mass is 10.1. The van der Waals surface area contributed by atoms with Crippen molar-refractivity contribution in [2.24, 2.45) is 0 Å². The lowest BCUT2D eigenvalue weighted by molar-refractivity contribution is -0.387. The highest BCUT2D eigenvalue weighted by Crippen LogP contribution is 2.37. The lowest BCUT2D eigenvalue weighted by Crippen LogP contribution is -2.23. The highest BCUT2D eigenvalue weighted by molar-refractivity contribution is 8.01. The molecule has 0 radical (unpaired) electrons. The topological polar surface area (TPSA) is 105 Å². The number of anilines is 2. The SMILES string of the molecule is Cc1csc(Sc2ccc(C(=O)Nc3cccc(N4CCCC4=O)c3)cc2[N+](=O)[O-])n1. The van der Waals surface area contributed by atoms with E-state index in [0.717, 1.165) is 17.8 Å². The molecule has 2 amide bonds. The number of aryl methyl sites for hydroxylation is 1. The third kappa shape index (κ3) is 4.75. The van der Waals surface area contributed by atoms with Crippen molar-refractivity contribution >= 4 is 52.0 Å². The van der Waals surface area contributed by atoms with Crippen LogP contribution in [-0.4, -0.2) is 28.3 Å². The van der Waals surface area contributed by atoms with Gasteiger partial charge in [-0.3, -0.25) is 19.7 Å². The van der Waals surface area contributed by atoms with Crippen LogP contribution in [0.2, 0.25) is 0 Å². The van der Waals surface area contributed by atoms with E-state index in [4.69, 9.17) is 0 Å². The van der Waals surface area contributed by atoms with Crippen LogP contribution in [0.1, 0.15) is 28.9 Å². The molecule has 0 atom stereocenters. The number of carbonyl (C=O) groups excluding carboxylic acids is 2. The van der Waals surface area contributed by atoms with Gasteiger partial charge in [0.1, 0.15) is 0 Å². The first kappa shape index (κ1) is 21.0. The molecule has 4 rings (SSSR count). The minimum atomic E-state index is -0.501. The van der Waals surface area contributed by atoms with Gasteiger partial charge in [0.15, 0.2) is 4.34 Å². The quantitative estimate of drug-likeness (QED) is 0.420. The molecular formula is C21H18N4O4S2. The van der Waals surface area contributed by atoms with Crippen LogP contribution < -0.4 is 10.2 Å². The Morgan fingerprint density at radius 1 is 1.29 bits per heavy atom. The van der Waals surface area contributed by atoms with Gasteiger partial charge < -0.3 is 10.2 Å². The van der Waals surface area contributed by atoms with Gasteiger partial charge in [-0.25, -0.2) is 4.98 Å². The molecule has 0 aliphatic carbocycles. The van der Waals surface area contributed by atoms with Gasteiger partial charge in [-0.2, -0.15) is 0 Å². The first-order chi connectivity index (χ1) is 14.9. The fraction of sp³-hybridized carbons (Fsp3) is 0.190. The molecule has 2 aromatic carbocycles. The summed E-state index contributed by atoms with van der Waals surface area (Å²) in [6.45, 7) is 2.51. The van der Waals surface area contributed by atoms with Crippen LogP contribution in [0, 0.1) is 17.0 Å². The van der Waals surface area contributed by atoms with Crippen molar-refractivity contribution in [1.29, 1.82) is 0 Å². The smallest absolute Gasteiger partial charge is 0.284 e. The van der Waals surface area contributed by atoms with Gasteiger partial charge in [-0.15, -0.1) is 11.3 Å². The van der Waals surface area contributed by atoms with Gasteiger partial charge in [0.2, 0.25) is 5.91 Å². The van der Waals surface area contributed by atoms with Gasteiger partial charge in [0.05, 0.1) is 9.82 Å². The summed E-state index contributed by atoms with van der Waals surface area (Å²) in [5.41, 5.74) is 2.11. The van der Waals surface area contributed by atoms with E-state index in [0.29, 0.717) is 27.9 Å². The van der Waals surface area contributed by atoms with Gasteiger partial charge in [-0.05, 0) is 43.7 Å². The molecule has 3 aromatic rings. The molecule has 10 heteroatoms. The maximum absolute atomic E-state index is 12.7. The summed E-state index contributed by atoms with van der Waals surface area (Å²) in [5.74, 6) is -0.405. The summed E-state index contributed by atoms with van der Waals surface area (Å²) in [7, 11) is 0. The number of nitro groups is 1. The van der Waals surface area contributed by atoms with Crippen molar-refractivity contribution in [3.05, 3.63) is 69.2 Å². The van der Waals surface area contributed by atoms with Crippen LogP contribution in [0.15, 0.2) is 57.1 Å². The standard InChI is InChI=1S/C21H18N4O4S2/c1-13-12-30-21(22-13)31-18-8-7-14(10-17(18)25(28)29)20(27)23-15-4-2-5-16(11-15)24-9-3-6-19(24)26/h2,4-5,7-8,10-12H,3,6,9H2,1H3,(H,23,27). The van der Waals surface area contributed by atoms with Crippen LogP contribution in [0.25, 0.3) is 0 Å². The number of nitrogens with zero attached hydrogens (tertiary/aromatic N) is 3. The first-order valence-electron chi connectivity index (χ1n) is 9.51. The molecule has 1 aromatic heterocycles. The fourth-order valence-corrected chi connectivity index (χ4v) is 5.12. The molecule has 8 nitrogen and oxygen atoms in total.